The molecule has 0 bridgehead atoms. The number of para-hydroxylation sites is 2. The van der Waals surface area contributed by atoms with Gasteiger partial charge in [-0.05, 0) is 48.4 Å². The van der Waals surface area contributed by atoms with Crippen molar-refractivity contribution in [2.75, 3.05) is 18.1 Å². The van der Waals surface area contributed by atoms with Crippen molar-refractivity contribution in [2.24, 2.45) is 0 Å². The van der Waals surface area contributed by atoms with Crippen LogP contribution in [0.5, 0.6) is 5.88 Å². The Kier molecular flexibility index (Phi) is 7.88. The quantitative estimate of drug-likeness (QED) is 0.195. The maximum atomic E-state index is 13.7. The Hall–Kier alpha value is -4.42. The molecule has 0 saturated carbocycles. The summed E-state index contributed by atoms with van der Waals surface area (Å²) in [4.78, 5) is 25.5. The molecule has 0 aliphatic carbocycles. The van der Waals surface area contributed by atoms with E-state index in [2.05, 4.69) is 15.0 Å². The summed E-state index contributed by atoms with van der Waals surface area (Å²) >= 11 is 0. The number of alkyl halides is 6. The number of fused-ring (bicyclic) bond motifs is 1. The molecule has 13 heteroatoms. The number of ether oxygens (including phenoxy) is 1. The molecule has 0 unspecified atom stereocenters. The topological polar surface area (TPSA) is 88.4 Å². The van der Waals surface area contributed by atoms with Gasteiger partial charge in [-0.15, -0.1) is 0 Å². The molecule has 0 aliphatic heterocycles. The molecule has 2 heterocycles. The Balaban J connectivity index is 1.54. The maximum Gasteiger partial charge on any atom is 0.416 e. The molecule has 0 saturated heterocycles. The largest absolute Gasteiger partial charge is 0.476 e. The highest BCUT2D eigenvalue weighted by Crippen LogP contribution is 2.38. The van der Waals surface area contributed by atoms with Gasteiger partial charge in [-0.2, -0.15) is 26.3 Å². The average Bonchev–Trinajstić information content (AvgIpc) is 2.89. The van der Waals surface area contributed by atoms with Crippen molar-refractivity contribution in [1.29, 1.82) is 0 Å². The zero-order valence-electron chi connectivity index (χ0n) is 20.0. The van der Waals surface area contributed by atoms with Crippen LogP contribution < -0.4 is 9.64 Å². The number of benzene rings is 2. The smallest absolute Gasteiger partial charge is 0.416 e. The number of carbonyl (C=O) groups is 1. The third kappa shape index (κ3) is 6.72. The van der Waals surface area contributed by atoms with Crippen molar-refractivity contribution in [3.05, 3.63) is 89.2 Å². The lowest BCUT2D eigenvalue weighted by molar-refractivity contribution is -0.143. The second kappa shape index (κ2) is 11.1. The molecule has 4 rings (SSSR count). The normalized spacial score (nSPS) is 11.9. The number of hydrogen-bond donors (Lipinski definition) is 1. The van der Waals surface area contributed by atoms with Gasteiger partial charge in [0, 0.05) is 19.3 Å². The maximum absolute atomic E-state index is 13.7. The standard InChI is InChI=1S/C26H20F6N4O3/c27-25(28,29)17-10-9-16(18(14-17)26(30,31)32)15-36(21-8-3-4-11-33-21)12-5-13-39-23-22(24(37)38)34-19-6-1-2-7-20(19)35-23/h1-4,6-11,14H,5,12-13,15H2,(H,37,38). The number of anilines is 1. The molecule has 7 nitrogen and oxygen atoms in total. The van der Waals surface area contributed by atoms with Gasteiger partial charge >= 0.3 is 18.3 Å². The molecule has 0 fully saturated rings. The zero-order chi connectivity index (χ0) is 28.2. The molecule has 204 valence electrons. The molecule has 2 aromatic carbocycles. The average molecular weight is 550 g/mol. The first kappa shape index (κ1) is 27.6. The fourth-order valence-corrected chi connectivity index (χ4v) is 3.82. The van der Waals surface area contributed by atoms with E-state index >= 15 is 0 Å². The second-order valence-corrected chi connectivity index (χ2v) is 8.35. The van der Waals surface area contributed by atoms with Crippen LogP contribution in [0.3, 0.4) is 0 Å². The minimum atomic E-state index is -5.02. The summed E-state index contributed by atoms with van der Waals surface area (Å²) in [5.41, 5.74) is -2.78. The molecular formula is C26H20F6N4O3. The van der Waals surface area contributed by atoms with Crippen LogP contribution >= 0.6 is 0 Å². The van der Waals surface area contributed by atoms with Gasteiger partial charge in [-0.3, -0.25) is 0 Å². The second-order valence-electron chi connectivity index (χ2n) is 8.35. The molecule has 0 aliphatic rings. The third-order valence-corrected chi connectivity index (χ3v) is 5.63. The van der Waals surface area contributed by atoms with Gasteiger partial charge in [0.2, 0.25) is 11.6 Å². The first-order valence-corrected chi connectivity index (χ1v) is 11.5. The van der Waals surface area contributed by atoms with Crippen LogP contribution in [0.15, 0.2) is 66.9 Å². The van der Waals surface area contributed by atoms with E-state index in [9.17, 15) is 36.2 Å². The van der Waals surface area contributed by atoms with E-state index in [1.54, 1.807) is 42.5 Å². The SMILES string of the molecule is O=C(O)c1nc2ccccc2nc1OCCCN(Cc1ccc(C(F)(F)F)cc1C(F)(F)F)c1ccccn1. The number of carboxylic acids is 1. The highest BCUT2D eigenvalue weighted by Gasteiger charge is 2.38. The van der Waals surface area contributed by atoms with Crippen molar-refractivity contribution < 1.29 is 41.0 Å². The van der Waals surface area contributed by atoms with E-state index in [0.29, 0.717) is 22.9 Å². The third-order valence-electron chi connectivity index (χ3n) is 5.63. The van der Waals surface area contributed by atoms with E-state index in [4.69, 9.17) is 4.74 Å². The van der Waals surface area contributed by atoms with Crippen LogP contribution in [0.1, 0.15) is 33.6 Å². The summed E-state index contributed by atoms with van der Waals surface area (Å²) in [6, 6.07) is 12.9. The summed E-state index contributed by atoms with van der Waals surface area (Å²) in [6.07, 6.45) is -8.33. The minimum absolute atomic E-state index is 0.0736. The van der Waals surface area contributed by atoms with Crippen LogP contribution in [-0.4, -0.2) is 39.2 Å². The minimum Gasteiger partial charge on any atom is -0.476 e. The number of aromatic nitrogens is 3. The molecule has 1 N–H and O–H groups in total. The van der Waals surface area contributed by atoms with Gasteiger partial charge < -0.3 is 14.7 Å². The molecule has 0 spiro atoms. The lowest BCUT2D eigenvalue weighted by Crippen LogP contribution is -2.28. The highest BCUT2D eigenvalue weighted by molar-refractivity contribution is 5.90. The zero-order valence-corrected chi connectivity index (χ0v) is 20.0. The van der Waals surface area contributed by atoms with Gasteiger partial charge in [0.15, 0.2) is 0 Å². The van der Waals surface area contributed by atoms with Crippen molar-refractivity contribution in [2.45, 2.75) is 25.3 Å². The van der Waals surface area contributed by atoms with Crippen molar-refractivity contribution in [1.82, 2.24) is 15.0 Å². The lowest BCUT2D eigenvalue weighted by Gasteiger charge is -2.26. The Morgan fingerprint density at radius 2 is 1.59 bits per heavy atom. The summed E-state index contributed by atoms with van der Waals surface area (Å²) < 4.78 is 85.9. The lowest BCUT2D eigenvalue weighted by atomic mass is 10.0. The number of aromatic carboxylic acids is 1. The van der Waals surface area contributed by atoms with Gasteiger partial charge in [-0.1, -0.05) is 24.3 Å². The number of halogens is 6. The Labute approximate surface area is 217 Å². The van der Waals surface area contributed by atoms with Crippen LogP contribution in [0.25, 0.3) is 11.0 Å². The van der Waals surface area contributed by atoms with E-state index in [1.165, 1.54) is 11.1 Å². The molecule has 4 aromatic rings. The molecular weight excluding hydrogens is 530 g/mol. The van der Waals surface area contributed by atoms with Crippen LogP contribution in [0.2, 0.25) is 0 Å². The Morgan fingerprint density at radius 1 is 0.897 bits per heavy atom. The first-order chi connectivity index (χ1) is 18.4. The number of nitrogens with zero attached hydrogens (tertiary/aromatic N) is 4. The number of pyridine rings is 1. The van der Waals surface area contributed by atoms with E-state index in [-0.39, 0.29) is 43.6 Å². The monoisotopic (exact) mass is 550 g/mol. The van der Waals surface area contributed by atoms with Gasteiger partial charge in [-0.25, -0.2) is 19.7 Å². The van der Waals surface area contributed by atoms with Crippen molar-refractivity contribution in [3.63, 3.8) is 0 Å². The predicted molar refractivity (Wildman–Crippen MR) is 128 cm³/mol. The predicted octanol–water partition coefficient (Wildman–Crippen LogP) is 6.24. The number of rotatable bonds is 9. The molecule has 0 amide bonds. The van der Waals surface area contributed by atoms with Gasteiger partial charge in [0.05, 0.1) is 28.8 Å². The molecule has 2 aromatic heterocycles. The van der Waals surface area contributed by atoms with E-state index in [1.807, 2.05) is 0 Å². The molecule has 0 atom stereocenters. The summed E-state index contributed by atoms with van der Waals surface area (Å²) in [5, 5.41) is 9.48. The first-order valence-electron chi connectivity index (χ1n) is 11.5. The van der Waals surface area contributed by atoms with Crippen molar-refractivity contribution >= 4 is 22.8 Å². The van der Waals surface area contributed by atoms with Crippen molar-refractivity contribution in [3.8, 4) is 5.88 Å². The Morgan fingerprint density at radius 3 is 2.21 bits per heavy atom. The highest BCUT2D eigenvalue weighted by atomic mass is 19.4. The van der Waals surface area contributed by atoms with Gasteiger partial charge in [0.25, 0.3) is 0 Å². The summed E-state index contributed by atoms with van der Waals surface area (Å²) in [7, 11) is 0. The van der Waals surface area contributed by atoms with Crippen LogP contribution in [-0.2, 0) is 18.9 Å². The molecule has 0 radical (unpaired) electrons. The fraction of sp³-hybridized carbons (Fsp3) is 0.231. The summed E-state index contributed by atoms with van der Waals surface area (Å²) in [6.45, 7) is -0.380. The van der Waals surface area contributed by atoms with Gasteiger partial charge in [0.1, 0.15) is 5.82 Å². The van der Waals surface area contributed by atoms with Crippen LogP contribution in [0, 0.1) is 0 Å². The molecule has 39 heavy (non-hydrogen) atoms. The fourth-order valence-electron chi connectivity index (χ4n) is 3.82. The Bertz CT molecular complexity index is 1460. The number of hydrogen-bond acceptors (Lipinski definition) is 6. The van der Waals surface area contributed by atoms with Crippen LogP contribution in [0.4, 0.5) is 32.2 Å². The number of carboxylic acid groups (broad SMARTS) is 1. The van der Waals surface area contributed by atoms with E-state index < -0.39 is 35.1 Å². The van der Waals surface area contributed by atoms with E-state index in [0.717, 1.165) is 6.07 Å². The summed E-state index contributed by atoms with van der Waals surface area (Å²) in [5.74, 6) is -1.27.